The summed E-state index contributed by atoms with van der Waals surface area (Å²) in [4.78, 5) is 23.6. The maximum atomic E-state index is 13.9. The fourth-order valence-electron chi connectivity index (χ4n) is 3.93. The van der Waals surface area contributed by atoms with E-state index in [1.54, 1.807) is 20.8 Å². The summed E-state index contributed by atoms with van der Waals surface area (Å²) in [7, 11) is -4.35. The number of alkyl halides is 3. The average Bonchev–Trinajstić information content (AvgIpc) is 3.20. The summed E-state index contributed by atoms with van der Waals surface area (Å²) >= 11 is 6.18. The van der Waals surface area contributed by atoms with Gasteiger partial charge in [0.05, 0.1) is 12.2 Å². The molecule has 15 heteroatoms. The number of benzene rings is 1. The Balaban J connectivity index is 2.08. The van der Waals surface area contributed by atoms with Gasteiger partial charge in [-0.15, -0.1) is 0 Å². The van der Waals surface area contributed by atoms with E-state index in [4.69, 9.17) is 16.3 Å². The number of halogens is 4. The molecule has 2 heterocycles. The van der Waals surface area contributed by atoms with Crippen LogP contribution in [-0.2, 0) is 26.1 Å². The highest BCUT2D eigenvalue weighted by atomic mass is 35.5. The molecule has 0 radical (unpaired) electrons. The van der Waals surface area contributed by atoms with Gasteiger partial charge in [0, 0.05) is 29.4 Å². The van der Waals surface area contributed by atoms with E-state index in [2.05, 4.69) is 15.2 Å². The van der Waals surface area contributed by atoms with E-state index in [1.165, 1.54) is 29.9 Å². The number of aldehydes is 1. The first-order valence-electron chi connectivity index (χ1n) is 11.9. The molecule has 0 fully saturated rings. The minimum atomic E-state index is -4.82. The number of amides is 1. The minimum Gasteiger partial charge on any atom is -0.486 e. The van der Waals surface area contributed by atoms with Gasteiger partial charge in [-0.3, -0.25) is 14.3 Å². The van der Waals surface area contributed by atoms with E-state index in [9.17, 15) is 31.2 Å². The molecular weight excluding hydrogens is 565 g/mol. The van der Waals surface area contributed by atoms with E-state index in [0.717, 1.165) is 10.6 Å². The van der Waals surface area contributed by atoms with E-state index < -0.39 is 39.4 Å². The van der Waals surface area contributed by atoms with Crippen LogP contribution in [0.3, 0.4) is 0 Å². The summed E-state index contributed by atoms with van der Waals surface area (Å²) in [6, 6.07) is 2.74. The van der Waals surface area contributed by atoms with Crippen molar-refractivity contribution in [2.24, 2.45) is 5.41 Å². The summed E-state index contributed by atoms with van der Waals surface area (Å²) in [5.74, 6) is 0.127. The normalized spacial score (nSPS) is 16.4. The third kappa shape index (κ3) is 6.26. The predicted octanol–water partition coefficient (Wildman–Crippen LogP) is 5.33. The van der Waals surface area contributed by atoms with Gasteiger partial charge in [-0.25, -0.2) is 13.2 Å². The number of nitrogens with one attached hydrogen (secondary N) is 1. The summed E-state index contributed by atoms with van der Waals surface area (Å²) in [6.45, 7) is 8.15. The Morgan fingerprint density at radius 2 is 1.92 bits per heavy atom. The molecule has 1 amide bonds. The highest BCUT2D eigenvalue weighted by Crippen LogP contribution is 2.44. The van der Waals surface area contributed by atoms with Crippen LogP contribution in [-0.4, -0.2) is 55.0 Å². The van der Waals surface area contributed by atoms with Gasteiger partial charge < -0.3 is 14.3 Å². The van der Waals surface area contributed by atoms with E-state index in [-0.39, 0.29) is 45.7 Å². The Kier molecular flexibility index (Phi) is 8.24. The molecule has 10 nitrogen and oxygen atoms in total. The second kappa shape index (κ2) is 10.5. The smallest absolute Gasteiger partial charge is 0.427 e. The topological polar surface area (TPSA) is 120 Å². The number of aromatic nitrogens is 2. The number of carbonyl (C=O) groups excluding carboxylic acids is 2. The number of ether oxygens (including phenoxy) is 2. The quantitative estimate of drug-likeness (QED) is 0.410. The average molecular weight is 595 g/mol. The number of hydrogen-bond donors (Lipinski definition) is 1. The summed E-state index contributed by atoms with van der Waals surface area (Å²) in [6.07, 6.45) is -4.72. The van der Waals surface area contributed by atoms with Gasteiger partial charge in [0.25, 0.3) is 10.0 Å². The second-order valence-corrected chi connectivity index (χ2v) is 12.5. The van der Waals surface area contributed by atoms with Crippen molar-refractivity contribution in [3.8, 4) is 5.75 Å². The largest absolute Gasteiger partial charge is 0.486 e. The number of rotatable bonds is 8. The fourth-order valence-corrected chi connectivity index (χ4v) is 5.94. The molecule has 1 N–H and O–H groups in total. The second-order valence-electron chi connectivity index (χ2n) is 10.3. The van der Waals surface area contributed by atoms with Crippen LogP contribution in [0.25, 0.3) is 0 Å². The van der Waals surface area contributed by atoms with Gasteiger partial charge in [-0.05, 0) is 46.2 Å². The van der Waals surface area contributed by atoms with Crippen LogP contribution in [0.4, 0.5) is 29.3 Å². The monoisotopic (exact) mass is 594 g/mol. The first kappa shape index (κ1) is 30.5. The third-order valence-electron chi connectivity index (χ3n) is 6.22. The van der Waals surface area contributed by atoms with Gasteiger partial charge >= 0.3 is 12.3 Å². The third-order valence-corrected chi connectivity index (χ3v) is 8.38. The van der Waals surface area contributed by atoms with Crippen molar-refractivity contribution in [2.45, 2.75) is 77.3 Å². The molecule has 1 aromatic heterocycles. The Morgan fingerprint density at radius 3 is 2.46 bits per heavy atom. The predicted molar refractivity (Wildman–Crippen MR) is 138 cm³/mol. The van der Waals surface area contributed by atoms with Crippen LogP contribution in [0, 0.1) is 12.3 Å². The van der Waals surface area contributed by atoms with Crippen molar-refractivity contribution in [3.05, 3.63) is 29.0 Å². The molecule has 0 unspecified atom stereocenters. The number of carbonyl (C=O) groups is 2. The van der Waals surface area contributed by atoms with Gasteiger partial charge in [0.2, 0.25) is 5.60 Å². The molecule has 0 bridgehead atoms. The number of hydrogen-bond acceptors (Lipinski definition) is 7. The van der Waals surface area contributed by atoms with Crippen LogP contribution in [0.1, 0.15) is 46.6 Å². The van der Waals surface area contributed by atoms with Crippen molar-refractivity contribution >= 4 is 45.4 Å². The number of fused-ring (bicyclic) bond motifs is 1. The Labute approximate surface area is 229 Å². The zero-order chi connectivity index (χ0) is 29.6. The molecule has 0 aliphatic carbocycles. The lowest BCUT2D eigenvalue weighted by Crippen LogP contribution is -2.46. The van der Waals surface area contributed by atoms with Crippen molar-refractivity contribution < 1.29 is 40.7 Å². The first-order chi connectivity index (χ1) is 17.8. The highest BCUT2D eigenvalue weighted by molar-refractivity contribution is 7.93. The molecular formula is C24H30ClF3N4O6S. The molecule has 1 aliphatic heterocycles. The van der Waals surface area contributed by atoms with Crippen LogP contribution in [0.2, 0.25) is 5.15 Å². The maximum absolute atomic E-state index is 13.9. The molecule has 1 atom stereocenters. The van der Waals surface area contributed by atoms with E-state index in [0.29, 0.717) is 20.4 Å². The Morgan fingerprint density at radius 1 is 1.28 bits per heavy atom. The lowest BCUT2D eigenvalue weighted by molar-refractivity contribution is -0.242. The van der Waals surface area contributed by atoms with Crippen molar-refractivity contribution in [2.75, 3.05) is 16.2 Å². The first-order valence-corrected chi connectivity index (χ1v) is 13.7. The van der Waals surface area contributed by atoms with E-state index in [1.807, 2.05) is 0 Å². The highest BCUT2D eigenvalue weighted by Gasteiger charge is 2.51. The van der Waals surface area contributed by atoms with Gasteiger partial charge in [-0.2, -0.15) is 18.3 Å². The minimum absolute atomic E-state index is 0.00236. The lowest BCUT2D eigenvalue weighted by atomic mass is 9.88. The fraction of sp³-hybridized carbons (Fsp3) is 0.542. The number of sulfonamides is 1. The van der Waals surface area contributed by atoms with Crippen molar-refractivity contribution in [1.29, 1.82) is 0 Å². The van der Waals surface area contributed by atoms with Gasteiger partial charge in [-0.1, -0.05) is 25.4 Å². The molecule has 0 saturated heterocycles. The molecule has 39 heavy (non-hydrogen) atoms. The number of nitrogens with zero attached hydrogens (tertiary/aromatic N) is 3. The lowest BCUT2D eigenvalue weighted by Gasteiger charge is -2.38. The van der Waals surface area contributed by atoms with Gasteiger partial charge in [0.1, 0.15) is 23.0 Å². The molecule has 1 aromatic carbocycles. The molecule has 1 aliphatic rings. The van der Waals surface area contributed by atoms with Crippen LogP contribution in [0.15, 0.2) is 23.2 Å². The summed E-state index contributed by atoms with van der Waals surface area (Å²) in [5, 5.41) is 6.01. The SMILES string of the molecule is CCn1cc(S(=O)(=O)N2C[C@@H](CC(C)(C)C=O)Oc3ccc(NC(=O)OC(C)(C)C(F)(F)F)c(C)c32)c(Cl)n1. The van der Waals surface area contributed by atoms with Gasteiger partial charge in [0.15, 0.2) is 5.15 Å². The Bertz CT molecular complexity index is 1370. The zero-order valence-corrected chi connectivity index (χ0v) is 23.8. The van der Waals surface area contributed by atoms with E-state index >= 15 is 0 Å². The molecule has 216 valence electrons. The number of aryl methyl sites for hydroxylation is 1. The van der Waals surface area contributed by atoms with Crippen molar-refractivity contribution in [3.63, 3.8) is 0 Å². The molecule has 2 aromatic rings. The molecule has 3 rings (SSSR count). The Hall–Kier alpha value is -3.00. The summed E-state index contributed by atoms with van der Waals surface area (Å²) in [5.41, 5.74) is -3.36. The van der Waals surface area contributed by atoms with Crippen LogP contribution in [0.5, 0.6) is 5.75 Å². The molecule has 0 saturated carbocycles. The zero-order valence-electron chi connectivity index (χ0n) is 22.2. The van der Waals surface area contributed by atoms with Crippen molar-refractivity contribution in [1.82, 2.24) is 9.78 Å². The maximum Gasteiger partial charge on any atom is 0.427 e. The van der Waals surface area contributed by atoms with Crippen LogP contribution >= 0.6 is 11.6 Å². The van der Waals surface area contributed by atoms with Crippen LogP contribution < -0.4 is 14.4 Å². The number of anilines is 2. The standard InChI is InChI=1S/C24H30ClF3N4O6S/c1-7-31-12-18(20(25)30-31)39(35,36)32-11-15(10-22(3,4)13-33)37-17-9-8-16(14(2)19(17)32)29-21(34)38-23(5,6)24(26,27)28/h8-9,12-13,15H,7,10-11H2,1-6H3,(H,29,34)/t15-/m1/s1. The molecule has 0 spiro atoms. The summed E-state index contributed by atoms with van der Waals surface area (Å²) < 4.78 is 80.4.